The van der Waals surface area contributed by atoms with Crippen LogP contribution in [-0.4, -0.2) is 142 Å². The number of rotatable bonds is 29. The van der Waals surface area contributed by atoms with Gasteiger partial charge in [0.2, 0.25) is 5.91 Å². The normalized spacial score (nSPS) is 11.1. The first-order valence-electron chi connectivity index (χ1n) is 11.8. The zero-order valence-electron chi connectivity index (χ0n) is 20.9. The summed E-state index contributed by atoms with van der Waals surface area (Å²) in [6.45, 7) is 9.45. The van der Waals surface area contributed by atoms with E-state index in [1.165, 1.54) is 0 Å². The molecule has 0 aromatic rings. The zero-order valence-corrected chi connectivity index (χ0v) is 20.9. The molecule has 2 N–H and O–H groups in total. The summed E-state index contributed by atoms with van der Waals surface area (Å²) in [5.41, 5.74) is 0. The van der Waals surface area contributed by atoms with Gasteiger partial charge in [0, 0.05) is 13.2 Å². The van der Waals surface area contributed by atoms with Crippen molar-refractivity contribution >= 4 is 11.9 Å². The molecular formula is C22H43NO12. The van der Waals surface area contributed by atoms with Gasteiger partial charge in [0.1, 0.15) is 13.2 Å². The molecule has 1 amide bonds. The molecule has 0 heterocycles. The van der Waals surface area contributed by atoms with Crippen LogP contribution in [0.2, 0.25) is 0 Å². The Kier molecular flexibility index (Phi) is 27.6. The van der Waals surface area contributed by atoms with Crippen LogP contribution in [0, 0.1) is 0 Å². The molecule has 0 unspecified atom stereocenters. The second-order valence-electron chi connectivity index (χ2n) is 6.72. The van der Waals surface area contributed by atoms with E-state index in [0.717, 1.165) is 0 Å². The number of ether oxygens (including phenoxy) is 9. The Bertz CT molecular complexity index is 470. The number of aliphatic carboxylic acids is 1. The molecule has 0 saturated carbocycles. The third-order valence-electron chi connectivity index (χ3n) is 3.84. The molecule has 0 atom stereocenters. The van der Waals surface area contributed by atoms with Gasteiger partial charge in [-0.05, 0) is 6.92 Å². The molecule has 0 aliphatic carbocycles. The first kappa shape index (κ1) is 33.6. The fourth-order valence-corrected chi connectivity index (χ4v) is 2.23. The number of carbonyl (C=O) groups excluding carboxylic acids is 1. The van der Waals surface area contributed by atoms with E-state index in [1.54, 1.807) is 0 Å². The molecule has 0 fully saturated rings. The fourth-order valence-electron chi connectivity index (χ4n) is 2.23. The minimum atomic E-state index is -1.12. The van der Waals surface area contributed by atoms with Crippen molar-refractivity contribution in [1.29, 1.82) is 0 Å². The molecule has 0 aromatic heterocycles. The summed E-state index contributed by atoms with van der Waals surface area (Å²) in [6.07, 6.45) is 0. The van der Waals surface area contributed by atoms with Crippen LogP contribution in [0.5, 0.6) is 0 Å². The van der Waals surface area contributed by atoms with Crippen molar-refractivity contribution in [2.75, 3.05) is 125 Å². The average Bonchev–Trinajstić information content (AvgIpc) is 2.83. The summed E-state index contributed by atoms with van der Waals surface area (Å²) in [5.74, 6) is -1.51. The van der Waals surface area contributed by atoms with E-state index in [4.69, 9.17) is 43.0 Å². The van der Waals surface area contributed by atoms with Crippen molar-refractivity contribution in [3.63, 3.8) is 0 Å². The number of hydrogen-bond donors (Lipinski definition) is 2. The maximum atomic E-state index is 11.3. The summed E-state index contributed by atoms with van der Waals surface area (Å²) < 4.78 is 47.4. The molecule has 208 valence electrons. The van der Waals surface area contributed by atoms with Crippen LogP contribution < -0.4 is 5.32 Å². The Balaban J connectivity index is 3.09. The van der Waals surface area contributed by atoms with Crippen LogP contribution in [0.4, 0.5) is 0 Å². The third-order valence-corrected chi connectivity index (χ3v) is 3.84. The maximum absolute atomic E-state index is 11.3. The quantitative estimate of drug-likeness (QED) is 0.122. The maximum Gasteiger partial charge on any atom is 0.329 e. The lowest BCUT2D eigenvalue weighted by atomic mass is 10.6. The Morgan fingerprint density at radius 2 is 0.857 bits per heavy atom. The molecule has 0 radical (unpaired) electrons. The topological polar surface area (TPSA) is 149 Å². The molecule has 0 rings (SSSR count). The Hall–Kier alpha value is -1.42. The standard InChI is InChI=1S/C22H43NO12/c1-2-27-5-6-29-9-10-31-13-14-33-17-18-34-16-15-32-12-11-30-8-7-28-4-3-23-21(24)19-35-20-22(25)26/h2-20H2,1H3,(H,23,24)(H,25,26). The second-order valence-corrected chi connectivity index (χ2v) is 6.72. The lowest BCUT2D eigenvalue weighted by Crippen LogP contribution is -2.31. The largest absolute Gasteiger partial charge is 0.480 e. The molecule has 0 spiro atoms. The van der Waals surface area contributed by atoms with Crippen LogP contribution in [0.25, 0.3) is 0 Å². The Morgan fingerprint density at radius 1 is 0.514 bits per heavy atom. The van der Waals surface area contributed by atoms with Gasteiger partial charge in [-0.25, -0.2) is 4.79 Å². The van der Waals surface area contributed by atoms with Gasteiger partial charge in [-0.15, -0.1) is 0 Å². The SMILES string of the molecule is CCOCCOCCOCCOCCOCCOCCOCCOCCNC(=O)COCC(=O)O. The van der Waals surface area contributed by atoms with Gasteiger partial charge in [0.25, 0.3) is 0 Å². The fraction of sp³-hybridized carbons (Fsp3) is 0.909. The van der Waals surface area contributed by atoms with Gasteiger partial charge < -0.3 is 53.1 Å². The van der Waals surface area contributed by atoms with Crippen LogP contribution in [0.15, 0.2) is 0 Å². The number of amides is 1. The lowest BCUT2D eigenvalue weighted by molar-refractivity contribution is -0.143. The zero-order chi connectivity index (χ0) is 25.7. The van der Waals surface area contributed by atoms with Crippen LogP contribution in [0.3, 0.4) is 0 Å². The van der Waals surface area contributed by atoms with Gasteiger partial charge in [-0.1, -0.05) is 0 Å². The molecule has 0 aliphatic rings. The first-order chi connectivity index (χ1) is 17.2. The molecule has 35 heavy (non-hydrogen) atoms. The van der Waals surface area contributed by atoms with E-state index >= 15 is 0 Å². The van der Waals surface area contributed by atoms with Gasteiger partial charge in [-0.3, -0.25) is 4.79 Å². The monoisotopic (exact) mass is 513 g/mol. The van der Waals surface area contributed by atoms with Crippen molar-refractivity contribution in [3.8, 4) is 0 Å². The van der Waals surface area contributed by atoms with E-state index in [0.29, 0.717) is 112 Å². The highest BCUT2D eigenvalue weighted by molar-refractivity contribution is 5.77. The number of carboxylic acid groups (broad SMARTS) is 1. The molecule has 13 heteroatoms. The van der Waals surface area contributed by atoms with E-state index in [2.05, 4.69) is 10.1 Å². The predicted molar refractivity (Wildman–Crippen MR) is 124 cm³/mol. The first-order valence-corrected chi connectivity index (χ1v) is 11.8. The van der Waals surface area contributed by atoms with Gasteiger partial charge >= 0.3 is 5.97 Å². The molecule has 0 aliphatic heterocycles. The van der Waals surface area contributed by atoms with Crippen molar-refractivity contribution in [1.82, 2.24) is 5.32 Å². The molecule has 0 saturated heterocycles. The van der Waals surface area contributed by atoms with E-state index in [9.17, 15) is 9.59 Å². The number of carbonyl (C=O) groups is 2. The van der Waals surface area contributed by atoms with Crippen molar-refractivity contribution in [3.05, 3.63) is 0 Å². The van der Waals surface area contributed by atoms with Crippen molar-refractivity contribution < 1.29 is 57.3 Å². The summed E-state index contributed by atoms with van der Waals surface area (Å²) >= 11 is 0. The van der Waals surface area contributed by atoms with Gasteiger partial charge in [0.05, 0.1) is 99.1 Å². The summed E-state index contributed by atoms with van der Waals surface area (Å²) in [7, 11) is 0. The van der Waals surface area contributed by atoms with E-state index in [-0.39, 0.29) is 6.61 Å². The highest BCUT2D eigenvalue weighted by Crippen LogP contribution is 1.86. The smallest absolute Gasteiger partial charge is 0.329 e. The van der Waals surface area contributed by atoms with E-state index in [1.807, 2.05) is 6.92 Å². The number of hydrogen-bond acceptors (Lipinski definition) is 11. The van der Waals surface area contributed by atoms with Gasteiger partial charge in [-0.2, -0.15) is 0 Å². The number of carboxylic acids is 1. The summed E-state index contributed by atoms with van der Waals surface area (Å²) in [5, 5.41) is 10.9. The minimum Gasteiger partial charge on any atom is -0.480 e. The lowest BCUT2D eigenvalue weighted by Gasteiger charge is -2.09. The van der Waals surface area contributed by atoms with Gasteiger partial charge in [0.15, 0.2) is 0 Å². The van der Waals surface area contributed by atoms with Crippen molar-refractivity contribution in [2.45, 2.75) is 6.92 Å². The summed E-state index contributed by atoms with van der Waals surface area (Å²) in [6, 6.07) is 0. The molecule has 0 aromatic carbocycles. The predicted octanol–water partition coefficient (Wildman–Crippen LogP) is -0.643. The Labute approximate surface area is 207 Å². The minimum absolute atomic E-state index is 0.295. The molecule has 13 nitrogen and oxygen atoms in total. The van der Waals surface area contributed by atoms with Crippen LogP contribution in [0.1, 0.15) is 6.92 Å². The Morgan fingerprint density at radius 3 is 1.20 bits per heavy atom. The highest BCUT2D eigenvalue weighted by atomic mass is 16.6. The van der Waals surface area contributed by atoms with Crippen LogP contribution >= 0.6 is 0 Å². The molecular weight excluding hydrogens is 470 g/mol. The van der Waals surface area contributed by atoms with Crippen LogP contribution in [-0.2, 0) is 52.2 Å². The van der Waals surface area contributed by atoms with E-state index < -0.39 is 18.5 Å². The highest BCUT2D eigenvalue weighted by Gasteiger charge is 2.03. The number of nitrogens with one attached hydrogen (secondary N) is 1. The van der Waals surface area contributed by atoms with Crippen molar-refractivity contribution in [2.24, 2.45) is 0 Å². The molecule has 0 bridgehead atoms. The second kappa shape index (κ2) is 28.8. The summed E-state index contributed by atoms with van der Waals surface area (Å²) in [4.78, 5) is 21.6. The average molecular weight is 514 g/mol. The third kappa shape index (κ3) is 30.5.